The number of nitrogens with zero attached hydrogens (tertiary/aromatic N) is 2. The number of aromatic nitrogens is 2. The molecule has 160 valence electrons. The van der Waals surface area contributed by atoms with Gasteiger partial charge in [-0.25, -0.2) is 0 Å². The number of H-pyrrole nitrogens is 1. The highest BCUT2D eigenvalue weighted by atomic mass is 16.5. The Bertz CT molecular complexity index is 772. The standard InChI is InChI=1S/C22H35N5O2/c1-6-23-22(24-13-9-10-19-15-25-27-17(19)5)26-16(4)18-11-12-20(28-7-2)21(14-18)29-8-3/h11-12,14-16H,6-10,13H2,1-5H3,(H,25,27)(H2,23,24,26). The molecule has 3 N–H and O–H groups in total. The maximum Gasteiger partial charge on any atom is 0.191 e. The van der Waals surface area contributed by atoms with E-state index in [1.165, 1.54) is 5.56 Å². The topological polar surface area (TPSA) is 83.6 Å². The summed E-state index contributed by atoms with van der Waals surface area (Å²) in [6, 6.07) is 6.16. The molecule has 0 saturated carbocycles. The number of hydrogen-bond acceptors (Lipinski definition) is 4. The highest BCUT2D eigenvalue weighted by Crippen LogP contribution is 2.30. The largest absolute Gasteiger partial charge is 0.490 e. The minimum Gasteiger partial charge on any atom is -0.490 e. The minimum absolute atomic E-state index is 0.0822. The molecule has 0 aliphatic carbocycles. The van der Waals surface area contributed by atoms with E-state index in [4.69, 9.17) is 14.5 Å². The lowest BCUT2D eigenvalue weighted by molar-refractivity contribution is 0.287. The van der Waals surface area contributed by atoms with Crippen LogP contribution in [0.3, 0.4) is 0 Å². The van der Waals surface area contributed by atoms with Gasteiger partial charge in [-0.05, 0) is 70.7 Å². The first-order valence-corrected chi connectivity index (χ1v) is 10.5. The van der Waals surface area contributed by atoms with E-state index in [9.17, 15) is 0 Å². The molecular weight excluding hydrogens is 366 g/mol. The van der Waals surface area contributed by atoms with Crippen molar-refractivity contribution in [2.45, 2.75) is 53.5 Å². The van der Waals surface area contributed by atoms with Gasteiger partial charge in [0, 0.05) is 18.8 Å². The Hall–Kier alpha value is -2.70. The minimum atomic E-state index is 0.0822. The Morgan fingerprint density at radius 3 is 2.59 bits per heavy atom. The van der Waals surface area contributed by atoms with Gasteiger partial charge < -0.3 is 20.1 Å². The van der Waals surface area contributed by atoms with Crippen LogP contribution in [0.15, 0.2) is 29.4 Å². The summed E-state index contributed by atoms with van der Waals surface area (Å²) in [5.41, 5.74) is 3.51. The van der Waals surface area contributed by atoms with Crippen molar-refractivity contribution in [2.24, 2.45) is 4.99 Å². The van der Waals surface area contributed by atoms with Crippen LogP contribution in [0.4, 0.5) is 0 Å². The van der Waals surface area contributed by atoms with Gasteiger partial charge in [-0.1, -0.05) is 6.07 Å². The van der Waals surface area contributed by atoms with Gasteiger partial charge in [0.05, 0.1) is 25.5 Å². The first kappa shape index (κ1) is 22.6. The van der Waals surface area contributed by atoms with Gasteiger partial charge in [-0.2, -0.15) is 5.10 Å². The second-order valence-electron chi connectivity index (χ2n) is 6.82. The Labute approximate surface area is 174 Å². The second kappa shape index (κ2) is 12.0. The van der Waals surface area contributed by atoms with E-state index in [1.807, 2.05) is 39.1 Å². The van der Waals surface area contributed by atoms with Crippen LogP contribution in [0.25, 0.3) is 0 Å². The van der Waals surface area contributed by atoms with Gasteiger partial charge in [0.2, 0.25) is 0 Å². The third-order valence-electron chi connectivity index (χ3n) is 4.57. The van der Waals surface area contributed by atoms with E-state index in [0.29, 0.717) is 13.2 Å². The highest BCUT2D eigenvalue weighted by Gasteiger charge is 2.12. The van der Waals surface area contributed by atoms with Crippen molar-refractivity contribution >= 4 is 5.96 Å². The molecule has 0 radical (unpaired) electrons. The fourth-order valence-corrected chi connectivity index (χ4v) is 3.03. The predicted octanol–water partition coefficient (Wildman–Crippen LogP) is 3.76. The quantitative estimate of drug-likeness (QED) is 0.303. The second-order valence-corrected chi connectivity index (χ2v) is 6.82. The number of ether oxygens (including phenoxy) is 2. The maximum absolute atomic E-state index is 5.75. The first-order valence-electron chi connectivity index (χ1n) is 10.5. The first-order chi connectivity index (χ1) is 14.1. The van der Waals surface area contributed by atoms with Crippen LogP contribution >= 0.6 is 0 Å². The Kier molecular flexibility index (Phi) is 9.34. The SMILES string of the molecule is CCNC(=NCCCc1cn[nH]c1C)NC(C)c1ccc(OCC)c(OCC)c1. The summed E-state index contributed by atoms with van der Waals surface area (Å²) in [5.74, 6) is 2.37. The summed E-state index contributed by atoms with van der Waals surface area (Å²) >= 11 is 0. The number of nitrogens with one attached hydrogen (secondary N) is 3. The van der Waals surface area contributed by atoms with Gasteiger partial charge in [-0.3, -0.25) is 10.1 Å². The van der Waals surface area contributed by atoms with E-state index >= 15 is 0 Å². The zero-order valence-corrected chi connectivity index (χ0v) is 18.3. The molecule has 0 saturated heterocycles. The third kappa shape index (κ3) is 7.00. The number of hydrogen-bond donors (Lipinski definition) is 3. The number of rotatable bonds is 11. The average molecular weight is 402 g/mol. The molecule has 1 unspecified atom stereocenters. The molecule has 0 bridgehead atoms. The Morgan fingerprint density at radius 2 is 1.93 bits per heavy atom. The normalized spacial score (nSPS) is 12.5. The van der Waals surface area contributed by atoms with Crippen molar-refractivity contribution in [3.8, 4) is 11.5 Å². The van der Waals surface area contributed by atoms with Crippen LogP contribution in [0.5, 0.6) is 11.5 Å². The van der Waals surface area contributed by atoms with Crippen molar-refractivity contribution in [2.75, 3.05) is 26.3 Å². The zero-order chi connectivity index (χ0) is 21.1. The molecule has 0 fully saturated rings. The van der Waals surface area contributed by atoms with Crippen LogP contribution in [-0.2, 0) is 6.42 Å². The van der Waals surface area contributed by atoms with Gasteiger partial charge in [0.25, 0.3) is 0 Å². The lowest BCUT2D eigenvalue weighted by Gasteiger charge is -2.20. The Balaban J connectivity index is 1.99. The fourth-order valence-electron chi connectivity index (χ4n) is 3.03. The lowest BCUT2D eigenvalue weighted by atomic mass is 10.1. The summed E-state index contributed by atoms with van der Waals surface area (Å²) in [7, 11) is 0. The number of aryl methyl sites for hydroxylation is 2. The smallest absolute Gasteiger partial charge is 0.191 e. The average Bonchev–Trinajstić information content (AvgIpc) is 3.11. The number of guanidine groups is 1. The van der Waals surface area contributed by atoms with Crippen LogP contribution in [-0.4, -0.2) is 42.5 Å². The molecule has 7 heteroatoms. The van der Waals surface area contributed by atoms with Crippen molar-refractivity contribution in [3.63, 3.8) is 0 Å². The molecule has 0 amide bonds. The van der Waals surface area contributed by atoms with E-state index in [-0.39, 0.29) is 6.04 Å². The molecule has 1 aromatic carbocycles. The zero-order valence-electron chi connectivity index (χ0n) is 18.3. The van der Waals surface area contributed by atoms with Gasteiger partial charge in [0.15, 0.2) is 17.5 Å². The highest BCUT2D eigenvalue weighted by molar-refractivity contribution is 5.80. The number of aromatic amines is 1. The van der Waals surface area contributed by atoms with E-state index in [2.05, 4.69) is 40.7 Å². The summed E-state index contributed by atoms with van der Waals surface area (Å²) in [6.07, 6.45) is 3.84. The molecule has 1 atom stereocenters. The van der Waals surface area contributed by atoms with Crippen LogP contribution in [0, 0.1) is 6.92 Å². The fraction of sp³-hybridized carbons (Fsp3) is 0.545. The number of aliphatic imine (C=N–C) groups is 1. The van der Waals surface area contributed by atoms with Crippen LogP contribution in [0.2, 0.25) is 0 Å². The van der Waals surface area contributed by atoms with Gasteiger partial charge in [-0.15, -0.1) is 0 Å². The van der Waals surface area contributed by atoms with Crippen molar-refractivity contribution in [3.05, 3.63) is 41.2 Å². The third-order valence-corrected chi connectivity index (χ3v) is 4.57. The summed E-state index contributed by atoms with van der Waals surface area (Å²) in [6.45, 7) is 13.0. The molecule has 2 rings (SSSR count). The molecule has 29 heavy (non-hydrogen) atoms. The molecule has 0 aliphatic heterocycles. The predicted molar refractivity (Wildman–Crippen MR) is 118 cm³/mol. The summed E-state index contributed by atoms with van der Waals surface area (Å²) in [5, 5.41) is 13.9. The molecule has 2 aromatic rings. The van der Waals surface area contributed by atoms with Crippen LogP contribution in [0.1, 0.15) is 57.0 Å². The molecule has 1 aromatic heterocycles. The van der Waals surface area contributed by atoms with Gasteiger partial charge in [0.1, 0.15) is 0 Å². The summed E-state index contributed by atoms with van der Waals surface area (Å²) < 4.78 is 11.4. The summed E-state index contributed by atoms with van der Waals surface area (Å²) in [4.78, 5) is 4.72. The van der Waals surface area contributed by atoms with E-state index in [0.717, 1.165) is 54.6 Å². The molecule has 7 nitrogen and oxygen atoms in total. The maximum atomic E-state index is 5.75. The lowest BCUT2D eigenvalue weighted by Crippen LogP contribution is -2.38. The van der Waals surface area contributed by atoms with Gasteiger partial charge >= 0.3 is 0 Å². The molecule has 0 spiro atoms. The van der Waals surface area contributed by atoms with Crippen LogP contribution < -0.4 is 20.1 Å². The van der Waals surface area contributed by atoms with Crippen molar-refractivity contribution in [1.82, 2.24) is 20.8 Å². The van der Waals surface area contributed by atoms with E-state index < -0.39 is 0 Å². The van der Waals surface area contributed by atoms with E-state index in [1.54, 1.807) is 0 Å². The van der Waals surface area contributed by atoms with Crippen molar-refractivity contribution in [1.29, 1.82) is 0 Å². The van der Waals surface area contributed by atoms with Crippen molar-refractivity contribution < 1.29 is 9.47 Å². The Morgan fingerprint density at radius 1 is 1.17 bits per heavy atom. The molecule has 1 heterocycles. The molecule has 0 aliphatic rings. The number of benzene rings is 1. The molecular formula is C22H35N5O2. The monoisotopic (exact) mass is 401 g/mol.